The molecule has 122 valence electrons. The Morgan fingerprint density at radius 3 is 1.09 bits per heavy atom. The molecule has 0 rings (SSSR count). The van der Waals surface area contributed by atoms with Gasteiger partial charge in [0.05, 0.1) is 13.8 Å². The minimum Gasteiger partial charge on any atom is -0.258 e. The van der Waals surface area contributed by atoms with Gasteiger partial charge in [-0.2, -0.15) is 5.01 Å². The maximum atomic E-state index is 11.6. The molecule has 0 spiro atoms. The Hall–Kier alpha value is -3.30. The Morgan fingerprint density at radius 2 is 0.955 bits per heavy atom. The number of amides is 2. The smallest absolute Gasteiger partial charge is 0.258 e. The molecule has 2 N–H and O–H groups in total. The predicted octanol–water partition coefficient (Wildman–Crippen LogP) is -2.25. The molecule has 0 saturated heterocycles. The molecule has 0 aliphatic heterocycles. The summed E-state index contributed by atoms with van der Waals surface area (Å²) < 4.78 is 0. The van der Waals surface area contributed by atoms with E-state index in [1.807, 2.05) is 0 Å². The highest BCUT2D eigenvalue weighted by molar-refractivity contribution is 6.00. The Kier molecular flexibility index (Phi) is 4.76. The first-order valence-corrected chi connectivity index (χ1v) is 4.97. The quantitative estimate of drug-likeness (QED) is 0.180. The Balaban J connectivity index is 5.92. The van der Waals surface area contributed by atoms with Gasteiger partial charge in [0.1, 0.15) is 19.7 Å². The third-order valence-electron chi connectivity index (χ3n) is 2.67. The summed E-state index contributed by atoms with van der Waals surface area (Å²) in [6, 6.07) is 0. The van der Waals surface area contributed by atoms with Gasteiger partial charge < -0.3 is 0 Å². The summed E-state index contributed by atoms with van der Waals surface area (Å²) in [6.07, 6.45) is 0. The standard InChI is InChI=1S/C6H8N6O10/c1-5(9(15)16,10(17)18)3(13)8(7)4(14)6(2,11(19)20)12(21)22/h7H2,1-2H3. The van der Waals surface area contributed by atoms with Gasteiger partial charge in [-0.25, -0.2) is 5.84 Å². The predicted molar refractivity (Wildman–Crippen MR) is 60.8 cm³/mol. The fraction of sp³-hybridized carbons (Fsp3) is 0.667. The van der Waals surface area contributed by atoms with E-state index in [2.05, 4.69) is 0 Å². The number of carbonyl (C=O) groups excluding carboxylic acids is 2. The Labute approximate surface area is 119 Å². The second kappa shape index (κ2) is 5.60. The number of hydrogen-bond donors (Lipinski definition) is 1. The van der Waals surface area contributed by atoms with Crippen LogP contribution < -0.4 is 5.84 Å². The van der Waals surface area contributed by atoms with Crippen molar-refractivity contribution in [3.63, 3.8) is 0 Å². The number of imide groups is 1. The van der Waals surface area contributed by atoms with Gasteiger partial charge in [-0.3, -0.25) is 50.0 Å². The van der Waals surface area contributed by atoms with Gasteiger partial charge >= 0.3 is 23.1 Å². The lowest BCUT2D eigenvalue weighted by Gasteiger charge is -2.20. The zero-order valence-electron chi connectivity index (χ0n) is 10.9. The van der Waals surface area contributed by atoms with Crippen LogP contribution in [0.25, 0.3) is 0 Å². The average molecular weight is 324 g/mol. The second-order valence-electron chi connectivity index (χ2n) is 4.05. The van der Waals surface area contributed by atoms with Gasteiger partial charge in [0.25, 0.3) is 0 Å². The molecule has 0 fully saturated rings. The first kappa shape index (κ1) is 18.7. The molecule has 16 heteroatoms. The molecule has 0 atom stereocenters. The van der Waals surface area contributed by atoms with Gasteiger partial charge in [0.2, 0.25) is 0 Å². The maximum absolute atomic E-state index is 11.6. The van der Waals surface area contributed by atoms with Crippen LogP contribution in [0.1, 0.15) is 13.8 Å². The third kappa shape index (κ3) is 2.49. The monoisotopic (exact) mass is 324 g/mol. The van der Waals surface area contributed by atoms with E-state index < -0.39 is 47.8 Å². The Morgan fingerprint density at radius 1 is 0.773 bits per heavy atom. The van der Waals surface area contributed by atoms with Crippen molar-refractivity contribution in [2.24, 2.45) is 5.84 Å². The minimum atomic E-state index is -3.65. The van der Waals surface area contributed by atoms with Crippen LogP contribution in [0.3, 0.4) is 0 Å². The number of carbonyl (C=O) groups is 2. The van der Waals surface area contributed by atoms with Gasteiger partial charge in [0, 0.05) is 0 Å². The van der Waals surface area contributed by atoms with Crippen LogP contribution >= 0.6 is 0 Å². The zero-order valence-corrected chi connectivity index (χ0v) is 10.9. The van der Waals surface area contributed by atoms with Crippen LogP contribution in [0.5, 0.6) is 0 Å². The molecule has 0 aliphatic carbocycles. The summed E-state index contributed by atoms with van der Waals surface area (Å²) in [5.41, 5.74) is -7.31. The van der Waals surface area contributed by atoms with Crippen LogP contribution in [-0.4, -0.2) is 47.8 Å². The number of nitro groups is 4. The molecule has 0 aliphatic rings. The topological polar surface area (TPSA) is 236 Å². The molecule has 22 heavy (non-hydrogen) atoms. The van der Waals surface area contributed by atoms with Gasteiger partial charge in [-0.1, -0.05) is 0 Å². The normalized spacial score (nSPS) is 11.4. The van der Waals surface area contributed by atoms with E-state index in [4.69, 9.17) is 5.84 Å². The molecular formula is C6H8N6O10. The summed E-state index contributed by atoms with van der Waals surface area (Å²) in [5, 5.41) is 41.6. The van der Waals surface area contributed by atoms with Crippen molar-refractivity contribution < 1.29 is 29.3 Å². The van der Waals surface area contributed by atoms with Gasteiger partial charge in [0.15, 0.2) is 0 Å². The van der Waals surface area contributed by atoms with Gasteiger partial charge in [-0.15, -0.1) is 0 Å². The van der Waals surface area contributed by atoms with E-state index in [0.29, 0.717) is 0 Å². The first-order valence-electron chi connectivity index (χ1n) is 4.97. The SMILES string of the molecule is CC(C(=O)N(N)C(=O)C(C)([N+](=O)[O-])[N+](=O)[O-])([N+](=O)[O-])[N+](=O)[O-]. The van der Waals surface area contributed by atoms with E-state index in [0.717, 1.165) is 0 Å². The van der Waals surface area contributed by atoms with Gasteiger partial charge in [-0.05, 0) is 0 Å². The summed E-state index contributed by atoms with van der Waals surface area (Å²) in [5.74, 6) is 0.222. The number of nitrogens with two attached hydrogens (primary N) is 1. The number of nitrogens with zero attached hydrogens (tertiary/aromatic N) is 5. The van der Waals surface area contributed by atoms with E-state index in [9.17, 15) is 50.0 Å². The zero-order chi connectivity index (χ0) is 18.0. The third-order valence-corrected chi connectivity index (χ3v) is 2.67. The van der Waals surface area contributed by atoms with Crippen molar-refractivity contribution in [2.75, 3.05) is 0 Å². The van der Waals surface area contributed by atoms with E-state index >= 15 is 0 Å². The largest absolute Gasteiger partial charge is 0.533 e. The molecule has 0 saturated carbocycles. The van der Waals surface area contributed by atoms with Crippen molar-refractivity contribution in [3.8, 4) is 0 Å². The van der Waals surface area contributed by atoms with Crippen LogP contribution in [0, 0.1) is 40.5 Å². The van der Waals surface area contributed by atoms with E-state index in [1.54, 1.807) is 0 Å². The van der Waals surface area contributed by atoms with Crippen LogP contribution in [0.4, 0.5) is 0 Å². The molecule has 0 aromatic carbocycles. The van der Waals surface area contributed by atoms with Crippen molar-refractivity contribution in [3.05, 3.63) is 40.5 Å². The minimum absolute atomic E-state index is 0.165. The highest BCUT2D eigenvalue weighted by Gasteiger charge is 2.68. The van der Waals surface area contributed by atoms with Crippen molar-refractivity contribution in [2.45, 2.75) is 25.2 Å². The maximum Gasteiger partial charge on any atom is 0.533 e. The summed E-state index contributed by atoms with van der Waals surface area (Å²) in [7, 11) is 0. The fourth-order valence-corrected chi connectivity index (χ4v) is 0.994. The first-order chi connectivity index (χ1) is 9.75. The second-order valence-corrected chi connectivity index (χ2v) is 4.05. The number of hydrogen-bond acceptors (Lipinski definition) is 11. The molecule has 0 bridgehead atoms. The molecular weight excluding hydrogens is 316 g/mol. The van der Waals surface area contributed by atoms with E-state index in [-0.39, 0.29) is 13.8 Å². The fourth-order valence-electron chi connectivity index (χ4n) is 0.994. The lowest BCUT2D eigenvalue weighted by molar-refractivity contribution is -0.775. The molecule has 0 aromatic heterocycles. The van der Waals surface area contributed by atoms with Crippen LogP contribution in [0.15, 0.2) is 0 Å². The number of hydrazine groups is 1. The Bertz CT molecular complexity index is 506. The molecule has 0 unspecified atom stereocenters. The number of rotatable bonds is 6. The van der Waals surface area contributed by atoms with Crippen molar-refractivity contribution in [1.29, 1.82) is 0 Å². The lowest BCUT2D eigenvalue weighted by atomic mass is 10.1. The molecule has 2 amide bonds. The van der Waals surface area contributed by atoms with Crippen molar-refractivity contribution in [1.82, 2.24) is 5.01 Å². The summed E-state index contributed by atoms with van der Waals surface area (Å²) >= 11 is 0. The molecule has 0 radical (unpaired) electrons. The molecule has 0 aromatic rings. The summed E-state index contributed by atoms with van der Waals surface area (Å²) in [6.45, 7) is 0.330. The molecule has 16 nitrogen and oxygen atoms in total. The van der Waals surface area contributed by atoms with Crippen LogP contribution in [-0.2, 0) is 9.59 Å². The van der Waals surface area contributed by atoms with Crippen molar-refractivity contribution >= 4 is 11.8 Å². The molecule has 0 heterocycles. The highest BCUT2D eigenvalue weighted by Crippen LogP contribution is 2.18. The van der Waals surface area contributed by atoms with E-state index in [1.165, 1.54) is 0 Å². The average Bonchev–Trinajstić information content (AvgIpc) is 2.41. The van der Waals surface area contributed by atoms with Crippen LogP contribution in [0.2, 0.25) is 0 Å². The summed E-state index contributed by atoms with van der Waals surface area (Å²) in [4.78, 5) is 58.9. The lowest BCUT2D eigenvalue weighted by Crippen LogP contribution is -2.66. The highest BCUT2D eigenvalue weighted by atomic mass is 16.7.